The molecule has 122 valence electrons. The Morgan fingerprint density at radius 3 is 2.39 bits per heavy atom. The quantitative estimate of drug-likeness (QED) is 0.884. The summed E-state index contributed by atoms with van der Waals surface area (Å²) in [6.07, 6.45) is 0. The number of ether oxygens (including phenoxy) is 1. The lowest BCUT2D eigenvalue weighted by Crippen LogP contribution is -2.50. The lowest BCUT2D eigenvalue weighted by Gasteiger charge is -2.29. The maximum absolute atomic E-state index is 12.6. The second-order valence-electron chi connectivity index (χ2n) is 5.60. The van der Waals surface area contributed by atoms with Crippen LogP contribution < -0.4 is 10.5 Å². The number of benzene rings is 2. The van der Waals surface area contributed by atoms with Gasteiger partial charge in [-0.3, -0.25) is 4.79 Å². The van der Waals surface area contributed by atoms with Gasteiger partial charge < -0.3 is 15.4 Å². The average molecular weight is 333 g/mol. The lowest BCUT2D eigenvalue weighted by atomic mass is 9.92. The molecule has 0 aliphatic rings. The Morgan fingerprint density at radius 1 is 1.17 bits per heavy atom. The number of likely N-dealkylation sites (N-methyl/N-ethyl adjacent to an activating group) is 1. The standard InChI is InChI=1S/C18H21ClN2O2/c1-18(20,14-6-4-3-5-7-14)17(22)21(2)12-13-23-16-10-8-15(19)9-11-16/h3-11H,12-13,20H2,1-2H3. The Balaban J connectivity index is 1.91. The summed E-state index contributed by atoms with van der Waals surface area (Å²) in [7, 11) is 1.72. The third kappa shape index (κ3) is 4.47. The Hall–Kier alpha value is -2.04. The molecule has 1 amide bonds. The van der Waals surface area contributed by atoms with Crippen LogP contribution in [0.5, 0.6) is 5.75 Å². The minimum Gasteiger partial charge on any atom is -0.492 e. The van der Waals surface area contributed by atoms with E-state index in [-0.39, 0.29) is 5.91 Å². The van der Waals surface area contributed by atoms with Gasteiger partial charge in [0.25, 0.3) is 0 Å². The first kappa shape index (κ1) is 17.3. The zero-order valence-electron chi connectivity index (χ0n) is 13.3. The van der Waals surface area contributed by atoms with E-state index in [1.54, 1.807) is 43.1 Å². The zero-order chi connectivity index (χ0) is 16.9. The van der Waals surface area contributed by atoms with Gasteiger partial charge in [-0.2, -0.15) is 0 Å². The van der Waals surface area contributed by atoms with Crippen molar-refractivity contribution in [2.45, 2.75) is 12.5 Å². The summed E-state index contributed by atoms with van der Waals surface area (Å²) in [5.74, 6) is 0.567. The van der Waals surface area contributed by atoms with Crippen LogP contribution in [0.25, 0.3) is 0 Å². The van der Waals surface area contributed by atoms with Crippen molar-refractivity contribution >= 4 is 17.5 Å². The highest BCUT2D eigenvalue weighted by Gasteiger charge is 2.32. The molecule has 0 saturated carbocycles. The van der Waals surface area contributed by atoms with E-state index < -0.39 is 5.54 Å². The highest BCUT2D eigenvalue weighted by molar-refractivity contribution is 6.30. The molecule has 2 N–H and O–H groups in total. The molecular formula is C18H21ClN2O2. The molecular weight excluding hydrogens is 312 g/mol. The number of amides is 1. The molecule has 1 unspecified atom stereocenters. The van der Waals surface area contributed by atoms with Crippen LogP contribution in [0.3, 0.4) is 0 Å². The Labute approximate surface area is 141 Å². The third-order valence-electron chi connectivity index (χ3n) is 3.67. The van der Waals surface area contributed by atoms with Crippen molar-refractivity contribution < 1.29 is 9.53 Å². The molecule has 2 rings (SSSR count). The molecule has 0 fully saturated rings. The van der Waals surface area contributed by atoms with E-state index in [2.05, 4.69) is 0 Å². The second kappa shape index (κ2) is 7.49. The fraction of sp³-hybridized carbons (Fsp3) is 0.278. The van der Waals surface area contributed by atoms with Crippen molar-refractivity contribution in [1.29, 1.82) is 0 Å². The zero-order valence-corrected chi connectivity index (χ0v) is 14.1. The van der Waals surface area contributed by atoms with Crippen molar-refractivity contribution in [3.63, 3.8) is 0 Å². The van der Waals surface area contributed by atoms with Crippen molar-refractivity contribution in [2.24, 2.45) is 5.73 Å². The number of carbonyl (C=O) groups is 1. The lowest BCUT2D eigenvalue weighted by molar-refractivity contribution is -0.135. The molecule has 0 bridgehead atoms. The molecule has 0 radical (unpaired) electrons. The third-order valence-corrected chi connectivity index (χ3v) is 3.93. The summed E-state index contributed by atoms with van der Waals surface area (Å²) < 4.78 is 5.61. The second-order valence-corrected chi connectivity index (χ2v) is 6.03. The van der Waals surface area contributed by atoms with E-state index in [4.69, 9.17) is 22.1 Å². The van der Waals surface area contributed by atoms with Crippen LogP contribution in [-0.2, 0) is 10.3 Å². The van der Waals surface area contributed by atoms with Crippen molar-refractivity contribution in [2.75, 3.05) is 20.2 Å². The molecule has 4 nitrogen and oxygen atoms in total. The summed E-state index contributed by atoms with van der Waals surface area (Å²) in [5, 5.41) is 0.659. The molecule has 2 aromatic carbocycles. The number of carbonyl (C=O) groups excluding carboxylic acids is 1. The van der Waals surface area contributed by atoms with E-state index in [9.17, 15) is 4.79 Å². The van der Waals surface area contributed by atoms with Gasteiger partial charge in [-0.15, -0.1) is 0 Å². The monoisotopic (exact) mass is 332 g/mol. The van der Waals surface area contributed by atoms with E-state index in [0.717, 1.165) is 5.56 Å². The SMILES string of the molecule is CN(CCOc1ccc(Cl)cc1)C(=O)C(C)(N)c1ccccc1. The first-order chi connectivity index (χ1) is 10.9. The Morgan fingerprint density at radius 2 is 1.78 bits per heavy atom. The molecule has 0 aliphatic carbocycles. The normalized spacial score (nSPS) is 13.2. The maximum atomic E-state index is 12.6. The van der Waals surface area contributed by atoms with Crippen LogP contribution in [-0.4, -0.2) is 31.0 Å². The molecule has 1 atom stereocenters. The molecule has 5 heteroatoms. The summed E-state index contributed by atoms with van der Waals surface area (Å²) in [6, 6.07) is 16.5. The van der Waals surface area contributed by atoms with Gasteiger partial charge in [0.05, 0.1) is 6.54 Å². The number of halogens is 1. The van der Waals surface area contributed by atoms with Crippen LogP contribution in [0.4, 0.5) is 0 Å². The van der Waals surface area contributed by atoms with Gasteiger partial charge in [-0.25, -0.2) is 0 Å². The van der Waals surface area contributed by atoms with Crippen molar-refractivity contribution in [1.82, 2.24) is 4.90 Å². The van der Waals surface area contributed by atoms with E-state index in [1.807, 2.05) is 30.3 Å². The van der Waals surface area contributed by atoms with Gasteiger partial charge in [0.1, 0.15) is 17.9 Å². The van der Waals surface area contributed by atoms with Gasteiger partial charge in [0, 0.05) is 12.1 Å². The van der Waals surface area contributed by atoms with E-state index in [1.165, 1.54) is 0 Å². The predicted molar refractivity (Wildman–Crippen MR) is 92.6 cm³/mol. The number of nitrogens with two attached hydrogens (primary N) is 1. The minimum atomic E-state index is -1.06. The first-order valence-electron chi connectivity index (χ1n) is 7.39. The minimum absolute atomic E-state index is 0.150. The maximum Gasteiger partial charge on any atom is 0.246 e. The van der Waals surface area contributed by atoms with Gasteiger partial charge in [-0.1, -0.05) is 41.9 Å². The van der Waals surface area contributed by atoms with Gasteiger partial charge in [-0.05, 0) is 36.8 Å². The fourth-order valence-corrected chi connectivity index (χ4v) is 2.36. The molecule has 0 aliphatic heterocycles. The molecule has 0 heterocycles. The topological polar surface area (TPSA) is 55.6 Å². The molecule has 0 aromatic heterocycles. The Bertz CT molecular complexity index is 642. The summed E-state index contributed by atoms with van der Waals surface area (Å²) in [6.45, 7) is 2.55. The van der Waals surface area contributed by atoms with Crippen LogP contribution in [0, 0.1) is 0 Å². The molecule has 23 heavy (non-hydrogen) atoms. The highest BCUT2D eigenvalue weighted by Crippen LogP contribution is 2.20. The van der Waals surface area contributed by atoms with Gasteiger partial charge in [0.2, 0.25) is 5.91 Å². The van der Waals surface area contributed by atoms with E-state index in [0.29, 0.717) is 23.9 Å². The van der Waals surface area contributed by atoms with Crippen molar-refractivity contribution in [3.8, 4) is 5.75 Å². The van der Waals surface area contributed by atoms with Crippen LogP contribution in [0.1, 0.15) is 12.5 Å². The molecule has 0 saturated heterocycles. The summed E-state index contributed by atoms with van der Waals surface area (Å²) >= 11 is 5.82. The van der Waals surface area contributed by atoms with Crippen molar-refractivity contribution in [3.05, 3.63) is 65.2 Å². The summed E-state index contributed by atoms with van der Waals surface area (Å²) in [5.41, 5.74) is 5.96. The van der Waals surface area contributed by atoms with Crippen LogP contribution >= 0.6 is 11.6 Å². The number of rotatable bonds is 6. The Kier molecular flexibility index (Phi) is 5.64. The largest absolute Gasteiger partial charge is 0.492 e. The number of hydrogen-bond donors (Lipinski definition) is 1. The highest BCUT2D eigenvalue weighted by atomic mass is 35.5. The van der Waals surface area contributed by atoms with Gasteiger partial charge in [0.15, 0.2) is 0 Å². The predicted octanol–water partition coefficient (Wildman–Crippen LogP) is 3.05. The molecule has 0 spiro atoms. The van der Waals surface area contributed by atoms with E-state index >= 15 is 0 Å². The number of hydrogen-bond acceptors (Lipinski definition) is 3. The summed E-state index contributed by atoms with van der Waals surface area (Å²) in [4.78, 5) is 14.2. The smallest absolute Gasteiger partial charge is 0.246 e. The molecule has 2 aromatic rings. The van der Waals surface area contributed by atoms with Gasteiger partial charge >= 0.3 is 0 Å². The fourth-order valence-electron chi connectivity index (χ4n) is 2.24. The first-order valence-corrected chi connectivity index (χ1v) is 7.77. The van der Waals surface area contributed by atoms with Crippen LogP contribution in [0.15, 0.2) is 54.6 Å². The average Bonchev–Trinajstić information content (AvgIpc) is 2.56. The van der Waals surface area contributed by atoms with Crippen LogP contribution in [0.2, 0.25) is 5.02 Å². The number of nitrogens with zero attached hydrogens (tertiary/aromatic N) is 1.